The minimum atomic E-state index is 0.0233. The fourth-order valence-electron chi connectivity index (χ4n) is 3.83. The zero-order valence-electron chi connectivity index (χ0n) is 17.6. The molecule has 1 N–H and O–H groups in total. The van der Waals surface area contributed by atoms with Gasteiger partial charge in [0.15, 0.2) is 5.96 Å². The summed E-state index contributed by atoms with van der Waals surface area (Å²) in [6, 6.07) is 10.5. The Labute approximate surface area is 174 Å². The number of piperazine rings is 1. The van der Waals surface area contributed by atoms with Crippen molar-refractivity contribution in [3.63, 3.8) is 0 Å². The van der Waals surface area contributed by atoms with Crippen molar-refractivity contribution >= 4 is 11.9 Å². The fourth-order valence-corrected chi connectivity index (χ4v) is 3.83. The Morgan fingerprint density at radius 3 is 2.41 bits per heavy atom. The van der Waals surface area contributed by atoms with Crippen LogP contribution in [0.1, 0.15) is 36.8 Å². The van der Waals surface area contributed by atoms with E-state index in [1.807, 2.05) is 24.3 Å². The van der Waals surface area contributed by atoms with Gasteiger partial charge in [-0.15, -0.1) is 0 Å². The number of hydrogen-bond donors (Lipinski definition) is 1. The van der Waals surface area contributed by atoms with Crippen LogP contribution in [0.15, 0.2) is 29.3 Å². The maximum Gasteiger partial charge on any atom is 0.243 e. The first-order chi connectivity index (χ1) is 14.0. The summed E-state index contributed by atoms with van der Waals surface area (Å²) >= 11 is 0. The van der Waals surface area contributed by atoms with Gasteiger partial charge in [-0.05, 0) is 30.5 Å². The van der Waals surface area contributed by atoms with Crippen LogP contribution in [0.25, 0.3) is 0 Å². The van der Waals surface area contributed by atoms with Gasteiger partial charge in [-0.1, -0.05) is 25.0 Å². The molecule has 1 aliphatic heterocycles. The van der Waals surface area contributed by atoms with Crippen molar-refractivity contribution in [2.45, 2.75) is 38.3 Å². The van der Waals surface area contributed by atoms with Gasteiger partial charge in [-0.2, -0.15) is 5.26 Å². The van der Waals surface area contributed by atoms with E-state index in [1.165, 1.54) is 31.2 Å². The van der Waals surface area contributed by atoms with Crippen LogP contribution in [-0.4, -0.2) is 79.4 Å². The summed E-state index contributed by atoms with van der Waals surface area (Å²) < 4.78 is 0. The molecule has 1 heterocycles. The van der Waals surface area contributed by atoms with Gasteiger partial charge in [0, 0.05) is 52.9 Å². The highest BCUT2D eigenvalue weighted by Crippen LogP contribution is 2.18. The van der Waals surface area contributed by atoms with Crippen molar-refractivity contribution in [2.75, 3.05) is 46.8 Å². The number of nitriles is 1. The lowest BCUT2D eigenvalue weighted by Crippen LogP contribution is -2.54. The zero-order valence-corrected chi connectivity index (χ0v) is 17.6. The van der Waals surface area contributed by atoms with Gasteiger partial charge in [-0.3, -0.25) is 9.69 Å². The summed E-state index contributed by atoms with van der Waals surface area (Å²) in [6.07, 6.45) is 4.89. The average Bonchev–Trinajstić information content (AvgIpc) is 3.25. The van der Waals surface area contributed by atoms with E-state index in [0.29, 0.717) is 11.6 Å². The lowest BCUT2D eigenvalue weighted by atomic mass is 10.1. The average molecular weight is 397 g/mol. The molecule has 2 fully saturated rings. The van der Waals surface area contributed by atoms with Crippen LogP contribution in [-0.2, 0) is 11.3 Å². The van der Waals surface area contributed by atoms with Crippen LogP contribution in [0.4, 0.5) is 0 Å². The molecule has 1 aromatic rings. The molecule has 0 radical (unpaired) electrons. The van der Waals surface area contributed by atoms with Crippen molar-refractivity contribution in [3.8, 4) is 6.07 Å². The summed E-state index contributed by atoms with van der Waals surface area (Å²) in [5.41, 5.74) is 1.93. The Bertz CT molecular complexity index is 738. The maximum absolute atomic E-state index is 12.0. The molecule has 1 saturated heterocycles. The second kappa shape index (κ2) is 10.3. The molecular weight excluding hydrogens is 364 g/mol. The SMILES string of the molecule is CN(C)C(=O)CN=C(NC1CCCC1)N1CCN(Cc2ccc(C#N)cc2)CC1. The number of carbonyl (C=O) groups excluding carboxylic acids is 1. The molecule has 0 spiro atoms. The van der Waals surface area contributed by atoms with Crippen molar-refractivity contribution in [1.29, 1.82) is 5.26 Å². The van der Waals surface area contributed by atoms with E-state index in [1.54, 1.807) is 19.0 Å². The van der Waals surface area contributed by atoms with Crippen LogP contribution in [0.3, 0.4) is 0 Å². The quantitative estimate of drug-likeness (QED) is 0.605. The number of rotatable bonds is 5. The number of nitrogens with one attached hydrogen (secondary N) is 1. The number of hydrogen-bond acceptors (Lipinski definition) is 4. The van der Waals surface area contributed by atoms with Gasteiger partial charge in [0.2, 0.25) is 5.91 Å². The molecule has 0 unspecified atom stereocenters. The van der Waals surface area contributed by atoms with Crippen LogP contribution in [0.5, 0.6) is 0 Å². The number of guanidine groups is 1. The van der Waals surface area contributed by atoms with Crippen LogP contribution in [0.2, 0.25) is 0 Å². The largest absolute Gasteiger partial charge is 0.353 e. The molecule has 0 atom stereocenters. The topological polar surface area (TPSA) is 75.0 Å². The predicted molar refractivity (Wildman–Crippen MR) is 114 cm³/mol. The molecule has 0 bridgehead atoms. The smallest absolute Gasteiger partial charge is 0.243 e. The molecular formula is C22H32N6O. The van der Waals surface area contributed by atoms with Gasteiger partial charge < -0.3 is 15.1 Å². The summed E-state index contributed by atoms with van der Waals surface area (Å²) in [4.78, 5) is 23.0. The highest BCUT2D eigenvalue weighted by atomic mass is 16.2. The second-order valence-corrected chi connectivity index (χ2v) is 8.13. The highest BCUT2D eigenvalue weighted by molar-refractivity contribution is 5.85. The first-order valence-electron chi connectivity index (χ1n) is 10.5. The second-order valence-electron chi connectivity index (χ2n) is 8.13. The number of aliphatic imine (C=N–C) groups is 1. The van der Waals surface area contributed by atoms with Crippen molar-refractivity contribution in [2.24, 2.45) is 4.99 Å². The van der Waals surface area contributed by atoms with Crippen LogP contribution < -0.4 is 5.32 Å². The van der Waals surface area contributed by atoms with Gasteiger partial charge in [0.1, 0.15) is 6.54 Å². The minimum absolute atomic E-state index is 0.0233. The third kappa shape index (κ3) is 6.20. The Hall–Kier alpha value is -2.59. The Kier molecular flexibility index (Phi) is 7.48. The van der Waals surface area contributed by atoms with Crippen molar-refractivity contribution in [3.05, 3.63) is 35.4 Å². The van der Waals surface area contributed by atoms with Gasteiger partial charge in [0.25, 0.3) is 0 Å². The lowest BCUT2D eigenvalue weighted by molar-refractivity contribution is -0.127. The fraction of sp³-hybridized carbons (Fsp3) is 0.591. The van der Waals surface area contributed by atoms with E-state index >= 15 is 0 Å². The normalized spacial score (nSPS) is 18.5. The molecule has 3 rings (SSSR count). The van der Waals surface area contributed by atoms with Gasteiger partial charge in [0.05, 0.1) is 11.6 Å². The predicted octanol–water partition coefficient (Wildman–Crippen LogP) is 1.65. The zero-order chi connectivity index (χ0) is 20.6. The molecule has 1 aliphatic carbocycles. The highest BCUT2D eigenvalue weighted by Gasteiger charge is 2.23. The summed E-state index contributed by atoms with van der Waals surface area (Å²) in [7, 11) is 3.54. The van der Waals surface area contributed by atoms with E-state index in [-0.39, 0.29) is 12.5 Å². The minimum Gasteiger partial charge on any atom is -0.353 e. The Morgan fingerprint density at radius 2 is 1.83 bits per heavy atom. The van der Waals surface area contributed by atoms with Gasteiger partial charge in [-0.25, -0.2) is 4.99 Å². The van der Waals surface area contributed by atoms with E-state index in [9.17, 15) is 4.79 Å². The van der Waals surface area contributed by atoms with E-state index in [4.69, 9.17) is 5.26 Å². The first-order valence-corrected chi connectivity index (χ1v) is 10.5. The van der Waals surface area contributed by atoms with E-state index in [0.717, 1.165) is 38.7 Å². The van der Waals surface area contributed by atoms with E-state index < -0.39 is 0 Å². The summed E-state index contributed by atoms with van der Waals surface area (Å²) in [5, 5.41) is 12.5. The summed E-state index contributed by atoms with van der Waals surface area (Å²) in [6.45, 7) is 4.77. The summed E-state index contributed by atoms with van der Waals surface area (Å²) in [5.74, 6) is 0.903. The van der Waals surface area contributed by atoms with E-state index in [2.05, 4.69) is 26.2 Å². The first kappa shape index (κ1) is 21.1. The number of amides is 1. The van der Waals surface area contributed by atoms with Crippen molar-refractivity contribution < 1.29 is 4.79 Å². The number of nitrogens with zero attached hydrogens (tertiary/aromatic N) is 5. The van der Waals surface area contributed by atoms with Crippen molar-refractivity contribution in [1.82, 2.24) is 20.0 Å². The van der Waals surface area contributed by atoms with Crippen LogP contribution in [0, 0.1) is 11.3 Å². The third-order valence-corrected chi connectivity index (χ3v) is 5.71. The molecule has 7 heteroatoms. The standard InChI is InChI=1S/C22H32N6O/c1-26(2)21(29)16-24-22(25-20-5-3-4-6-20)28-13-11-27(12-14-28)17-19-9-7-18(15-23)8-10-19/h7-10,20H,3-6,11-14,16-17H2,1-2H3,(H,24,25). The van der Waals surface area contributed by atoms with Gasteiger partial charge >= 0.3 is 0 Å². The maximum atomic E-state index is 12.0. The third-order valence-electron chi connectivity index (χ3n) is 5.71. The molecule has 156 valence electrons. The molecule has 1 amide bonds. The molecule has 1 saturated carbocycles. The molecule has 29 heavy (non-hydrogen) atoms. The lowest BCUT2D eigenvalue weighted by Gasteiger charge is -2.37. The number of carbonyl (C=O) groups is 1. The monoisotopic (exact) mass is 396 g/mol. The molecule has 7 nitrogen and oxygen atoms in total. The Morgan fingerprint density at radius 1 is 1.17 bits per heavy atom. The molecule has 1 aromatic carbocycles. The Balaban J connectivity index is 1.57. The number of benzene rings is 1. The molecule has 0 aromatic heterocycles. The number of likely N-dealkylation sites (N-methyl/N-ethyl adjacent to an activating group) is 1. The van der Waals surface area contributed by atoms with Crippen LogP contribution >= 0.6 is 0 Å². The molecule has 2 aliphatic rings.